The Labute approximate surface area is 73.7 Å². The van der Waals surface area contributed by atoms with Crippen molar-refractivity contribution >= 4 is 5.97 Å². The Hall–Kier alpha value is -0.570. The molecule has 0 spiro atoms. The summed E-state index contributed by atoms with van der Waals surface area (Å²) in [7, 11) is 3.45. The van der Waals surface area contributed by atoms with Crippen LogP contribution in [0.3, 0.4) is 0 Å². The molecular weight excluding hydrogens is 154 g/mol. The molecule has 1 aliphatic rings. The molecule has 1 unspecified atom stereocenters. The number of likely N-dealkylation sites (tertiary alicyclic amines) is 1. The lowest BCUT2D eigenvalue weighted by Gasteiger charge is -2.22. The normalized spacial score (nSPS) is 26.3. The second-order valence-electron chi connectivity index (χ2n) is 3.37. The highest BCUT2D eigenvalue weighted by Crippen LogP contribution is 2.15. The van der Waals surface area contributed by atoms with Crippen LogP contribution in [0.15, 0.2) is 0 Å². The predicted molar refractivity (Wildman–Crippen MR) is 46.9 cm³/mol. The lowest BCUT2D eigenvalue weighted by Crippen LogP contribution is -2.38. The zero-order valence-electron chi connectivity index (χ0n) is 7.88. The largest absolute Gasteiger partial charge is 0.468 e. The molecule has 1 rings (SSSR count). The number of ether oxygens (including phenoxy) is 1. The lowest BCUT2D eigenvalue weighted by molar-refractivity contribution is -0.146. The van der Waals surface area contributed by atoms with E-state index in [2.05, 4.69) is 4.90 Å². The van der Waals surface area contributed by atoms with E-state index in [1.165, 1.54) is 20.0 Å². The summed E-state index contributed by atoms with van der Waals surface area (Å²) in [6.07, 6.45) is 4.52. The minimum atomic E-state index is -0.0839. The van der Waals surface area contributed by atoms with E-state index < -0.39 is 0 Å². The van der Waals surface area contributed by atoms with Crippen LogP contribution in [0.5, 0.6) is 0 Å². The van der Waals surface area contributed by atoms with E-state index in [9.17, 15) is 4.79 Å². The smallest absolute Gasteiger partial charge is 0.323 e. The van der Waals surface area contributed by atoms with E-state index in [-0.39, 0.29) is 12.0 Å². The number of carbonyl (C=O) groups is 1. The second kappa shape index (κ2) is 4.45. The summed E-state index contributed by atoms with van der Waals surface area (Å²) in [5, 5.41) is 0. The fourth-order valence-electron chi connectivity index (χ4n) is 1.69. The minimum absolute atomic E-state index is 0.00231. The number of methoxy groups -OCH3 is 1. The Morgan fingerprint density at radius 1 is 1.42 bits per heavy atom. The van der Waals surface area contributed by atoms with Crippen molar-refractivity contribution in [2.45, 2.75) is 31.7 Å². The molecule has 0 aromatic carbocycles. The number of hydrogen-bond acceptors (Lipinski definition) is 3. The number of nitrogens with zero attached hydrogens (tertiary/aromatic N) is 1. The highest BCUT2D eigenvalue weighted by Gasteiger charge is 2.24. The van der Waals surface area contributed by atoms with Gasteiger partial charge in [-0.15, -0.1) is 0 Å². The van der Waals surface area contributed by atoms with Crippen molar-refractivity contribution in [1.82, 2.24) is 4.90 Å². The Balaban J connectivity index is 2.52. The van der Waals surface area contributed by atoms with Crippen molar-refractivity contribution in [3.63, 3.8) is 0 Å². The molecule has 1 atom stereocenters. The fraction of sp³-hybridized carbons (Fsp3) is 0.889. The van der Waals surface area contributed by atoms with E-state index >= 15 is 0 Å². The van der Waals surface area contributed by atoms with Crippen LogP contribution in [-0.4, -0.2) is 37.6 Å². The van der Waals surface area contributed by atoms with Crippen LogP contribution >= 0.6 is 0 Å². The Bertz CT molecular complexity index is 159. The van der Waals surface area contributed by atoms with E-state index in [4.69, 9.17) is 4.74 Å². The van der Waals surface area contributed by atoms with Gasteiger partial charge in [-0.25, -0.2) is 0 Å². The molecule has 0 N–H and O–H groups in total. The number of hydrogen-bond donors (Lipinski definition) is 0. The van der Waals surface area contributed by atoms with Crippen LogP contribution in [0.1, 0.15) is 25.7 Å². The molecule has 0 radical (unpaired) electrons. The standard InChI is InChI=1S/C9H17NO2/c1-10-7-5-3-4-6-8(10)9(11)12-2/h8H,3-7H2,1-2H3. The predicted octanol–water partition coefficient (Wildman–Crippen LogP) is 1.03. The first-order valence-electron chi connectivity index (χ1n) is 4.54. The van der Waals surface area contributed by atoms with Crippen LogP contribution in [0.25, 0.3) is 0 Å². The average Bonchev–Trinajstić information content (AvgIpc) is 2.28. The van der Waals surface area contributed by atoms with Gasteiger partial charge in [-0.2, -0.15) is 0 Å². The molecule has 70 valence electrons. The maximum absolute atomic E-state index is 11.3. The zero-order valence-corrected chi connectivity index (χ0v) is 7.88. The molecule has 0 saturated carbocycles. The van der Waals surface area contributed by atoms with Crippen molar-refractivity contribution in [2.24, 2.45) is 0 Å². The van der Waals surface area contributed by atoms with Crippen LogP contribution in [0, 0.1) is 0 Å². The molecule has 0 aliphatic carbocycles. The minimum Gasteiger partial charge on any atom is -0.468 e. The Morgan fingerprint density at radius 2 is 2.17 bits per heavy atom. The first-order chi connectivity index (χ1) is 5.75. The SMILES string of the molecule is COC(=O)C1CCCCCN1C. The van der Waals surface area contributed by atoms with Gasteiger partial charge in [-0.3, -0.25) is 9.69 Å². The van der Waals surface area contributed by atoms with Crippen molar-refractivity contribution in [3.8, 4) is 0 Å². The van der Waals surface area contributed by atoms with E-state index in [1.807, 2.05) is 7.05 Å². The molecule has 3 nitrogen and oxygen atoms in total. The maximum atomic E-state index is 11.3. The van der Waals surface area contributed by atoms with Gasteiger partial charge in [0.15, 0.2) is 0 Å². The van der Waals surface area contributed by atoms with E-state index in [0.717, 1.165) is 19.4 Å². The van der Waals surface area contributed by atoms with Gasteiger partial charge in [0.2, 0.25) is 0 Å². The van der Waals surface area contributed by atoms with Crippen LogP contribution in [-0.2, 0) is 9.53 Å². The Morgan fingerprint density at radius 3 is 2.83 bits per heavy atom. The Kier molecular flexibility index (Phi) is 3.53. The molecule has 12 heavy (non-hydrogen) atoms. The van der Waals surface area contributed by atoms with Gasteiger partial charge in [0.05, 0.1) is 7.11 Å². The molecule has 3 heteroatoms. The molecular formula is C9H17NO2. The van der Waals surface area contributed by atoms with Crippen LogP contribution in [0.2, 0.25) is 0 Å². The highest BCUT2D eigenvalue weighted by molar-refractivity contribution is 5.75. The molecule has 1 saturated heterocycles. The topological polar surface area (TPSA) is 29.5 Å². The summed E-state index contributed by atoms with van der Waals surface area (Å²) in [4.78, 5) is 13.4. The molecule has 1 fully saturated rings. The molecule has 0 aromatic rings. The van der Waals surface area contributed by atoms with Crippen LogP contribution < -0.4 is 0 Å². The third-order valence-corrected chi connectivity index (χ3v) is 2.49. The summed E-state index contributed by atoms with van der Waals surface area (Å²) < 4.78 is 4.74. The van der Waals surface area contributed by atoms with Crippen molar-refractivity contribution in [2.75, 3.05) is 20.7 Å². The average molecular weight is 171 g/mol. The van der Waals surface area contributed by atoms with Gasteiger partial charge in [0.25, 0.3) is 0 Å². The zero-order chi connectivity index (χ0) is 8.97. The maximum Gasteiger partial charge on any atom is 0.323 e. The van der Waals surface area contributed by atoms with Gasteiger partial charge in [0.1, 0.15) is 6.04 Å². The molecule has 0 amide bonds. The summed E-state index contributed by atoms with van der Waals surface area (Å²) in [5.74, 6) is -0.0839. The third-order valence-electron chi connectivity index (χ3n) is 2.49. The highest BCUT2D eigenvalue weighted by atomic mass is 16.5. The molecule has 0 bridgehead atoms. The van der Waals surface area contributed by atoms with Crippen molar-refractivity contribution in [1.29, 1.82) is 0 Å². The number of carbonyl (C=O) groups excluding carboxylic acids is 1. The quantitative estimate of drug-likeness (QED) is 0.552. The monoisotopic (exact) mass is 171 g/mol. The van der Waals surface area contributed by atoms with Gasteiger partial charge in [-0.1, -0.05) is 12.8 Å². The fourth-order valence-corrected chi connectivity index (χ4v) is 1.69. The number of rotatable bonds is 1. The molecule has 1 aliphatic heterocycles. The van der Waals surface area contributed by atoms with E-state index in [0.29, 0.717) is 0 Å². The first kappa shape index (κ1) is 9.52. The van der Waals surface area contributed by atoms with Crippen molar-refractivity contribution in [3.05, 3.63) is 0 Å². The summed E-state index contributed by atoms with van der Waals surface area (Å²) >= 11 is 0. The third kappa shape index (κ3) is 2.21. The lowest BCUT2D eigenvalue weighted by atomic mass is 10.1. The number of esters is 1. The van der Waals surface area contributed by atoms with Crippen LogP contribution in [0.4, 0.5) is 0 Å². The number of likely N-dealkylation sites (N-methyl/N-ethyl adjacent to an activating group) is 1. The summed E-state index contributed by atoms with van der Waals surface area (Å²) in [6.45, 7) is 1.01. The van der Waals surface area contributed by atoms with Gasteiger partial charge in [-0.05, 0) is 26.4 Å². The van der Waals surface area contributed by atoms with Crippen molar-refractivity contribution < 1.29 is 9.53 Å². The van der Waals surface area contributed by atoms with Gasteiger partial charge in [0, 0.05) is 0 Å². The van der Waals surface area contributed by atoms with Gasteiger partial charge >= 0.3 is 5.97 Å². The van der Waals surface area contributed by atoms with E-state index in [1.54, 1.807) is 0 Å². The molecule has 1 heterocycles. The summed E-state index contributed by atoms with van der Waals surface area (Å²) in [6, 6.07) is -0.00231. The first-order valence-corrected chi connectivity index (χ1v) is 4.54. The summed E-state index contributed by atoms with van der Waals surface area (Å²) in [5.41, 5.74) is 0. The van der Waals surface area contributed by atoms with Gasteiger partial charge < -0.3 is 4.74 Å². The molecule has 0 aromatic heterocycles. The second-order valence-corrected chi connectivity index (χ2v) is 3.37.